The highest BCUT2D eigenvalue weighted by atomic mass is 127. The minimum atomic E-state index is 0. The zero-order chi connectivity index (χ0) is 18.2. The summed E-state index contributed by atoms with van der Waals surface area (Å²) < 4.78 is 10.5. The van der Waals surface area contributed by atoms with Crippen LogP contribution in [0.15, 0.2) is 53.5 Å². The van der Waals surface area contributed by atoms with Crippen molar-refractivity contribution in [2.75, 3.05) is 26.1 Å². The summed E-state index contributed by atoms with van der Waals surface area (Å²) in [5, 5.41) is 3.11. The Morgan fingerprint density at radius 1 is 1.04 bits per heavy atom. The van der Waals surface area contributed by atoms with Gasteiger partial charge in [0, 0.05) is 24.2 Å². The molecule has 0 amide bonds. The number of nitrogens with two attached hydrogens (primary N) is 1. The Morgan fingerprint density at radius 3 is 2.27 bits per heavy atom. The monoisotopic (exact) mass is 469 g/mol. The molecule has 0 aliphatic heterocycles. The second kappa shape index (κ2) is 10.9. The fourth-order valence-corrected chi connectivity index (χ4v) is 2.70. The second-order valence-electron chi connectivity index (χ2n) is 6.18. The molecule has 5 nitrogen and oxygen atoms in total. The maximum atomic E-state index is 6.06. The van der Waals surface area contributed by atoms with Crippen LogP contribution in [0.3, 0.4) is 0 Å². The van der Waals surface area contributed by atoms with Gasteiger partial charge in [-0.15, -0.1) is 24.0 Å². The van der Waals surface area contributed by atoms with E-state index in [-0.39, 0.29) is 24.0 Å². The van der Waals surface area contributed by atoms with E-state index in [2.05, 4.69) is 48.4 Å². The number of anilines is 1. The summed E-state index contributed by atoms with van der Waals surface area (Å²) in [6, 6.07) is 15.9. The highest BCUT2D eigenvalue weighted by molar-refractivity contribution is 14.0. The second-order valence-corrected chi connectivity index (χ2v) is 6.18. The zero-order valence-corrected chi connectivity index (χ0v) is 18.1. The van der Waals surface area contributed by atoms with Gasteiger partial charge in [-0.1, -0.05) is 44.2 Å². The van der Waals surface area contributed by atoms with Crippen LogP contribution >= 0.6 is 24.0 Å². The van der Waals surface area contributed by atoms with Crippen LogP contribution in [0.2, 0.25) is 0 Å². The molecule has 0 heterocycles. The summed E-state index contributed by atoms with van der Waals surface area (Å²) in [6.45, 7) is 5.03. The quantitative estimate of drug-likeness (QED) is 0.356. The summed E-state index contributed by atoms with van der Waals surface area (Å²) in [5.74, 6) is 2.50. The molecule has 2 aromatic carbocycles. The van der Waals surface area contributed by atoms with Crippen LogP contribution in [0.25, 0.3) is 0 Å². The molecule has 0 radical (unpaired) electrons. The molecule has 142 valence electrons. The standard InChI is InChI=1S/C20H27N3O2.HI/c1-14(2)17(15-8-6-5-7-9-15)13-22-20(21)23-16-10-11-18(24-3)19(12-16)25-4;/h5-12,14,17H,13H2,1-4H3,(H3,21,22,23);1H. The minimum absolute atomic E-state index is 0. The molecule has 0 aliphatic carbocycles. The fraction of sp³-hybridized carbons (Fsp3) is 0.350. The molecule has 3 N–H and O–H groups in total. The van der Waals surface area contributed by atoms with Crippen LogP contribution in [0.1, 0.15) is 25.3 Å². The molecule has 0 aliphatic rings. The first-order chi connectivity index (χ1) is 12.0. The number of guanidine groups is 1. The van der Waals surface area contributed by atoms with E-state index in [4.69, 9.17) is 15.2 Å². The topological polar surface area (TPSA) is 68.9 Å². The molecule has 0 spiro atoms. The van der Waals surface area contributed by atoms with E-state index in [9.17, 15) is 0 Å². The van der Waals surface area contributed by atoms with Gasteiger partial charge in [-0.25, -0.2) is 0 Å². The average Bonchev–Trinajstić information content (AvgIpc) is 2.62. The maximum absolute atomic E-state index is 6.06. The summed E-state index contributed by atoms with van der Waals surface area (Å²) in [4.78, 5) is 4.53. The van der Waals surface area contributed by atoms with Crippen molar-refractivity contribution in [3.05, 3.63) is 54.1 Å². The Morgan fingerprint density at radius 2 is 1.69 bits per heavy atom. The molecule has 0 saturated heterocycles. The van der Waals surface area contributed by atoms with Crippen LogP contribution < -0.4 is 20.5 Å². The lowest BCUT2D eigenvalue weighted by molar-refractivity contribution is 0.355. The van der Waals surface area contributed by atoms with Gasteiger partial charge in [-0.2, -0.15) is 0 Å². The molecule has 2 rings (SSSR count). The third-order valence-electron chi connectivity index (χ3n) is 4.15. The summed E-state index contributed by atoms with van der Waals surface area (Å²) in [6.07, 6.45) is 0. The third-order valence-corrected chi connectivity index (χ3v) is 4.15. The van der Waals surface area contributed by atoms with E-state index in [1.807, 2.05) is 24.3 Å². The van der Waals surface area contributed by atoms with Gasteiger partial charge >= 0.3 is 0 Å². The van der Waals surface area contributed by atoms with E-state index in [0.717, 1.165) is 5.69 Å². The Balaban J connectivity index is 0.00000338. The number of halogens is 1. The van der Waals surface area contributed by atoms with E-state index in [0.29, 0.717) is 35.8 Å². The molecule has 1 unspecified atom stereocenters. The van der Waals surface area contributed by atoms with Crippen molar-refractivity contribution in [2.24, 2.45) is 16.6 Å². The lowest BCUT2D eigenvalue weighted by Gasteiger charge is -2.19. The van der Waals surface area contributed by atoms with Gasteiger partial charge in [0.1, 0.15) is 0 Å². The van der Waals surface area contributed by atoms with E-state index >= 15 is 0 Å². The van der Waals surface area contributed by atoms with Crippen LogP contribution in [0, 0.1) is 5.92 Å². The van der Waals surface area contributed by atoms with Crippen molar-refractivity contribution >= 4 is 35.6 Å². The normalized spacial score (nSPS) is 12.3. The average molecular weight is 469 g/mol. The summed E-state index contributed by atoms with van der Waals surface area (Å²) in [7, 11) is 3.21. The van der Waals surface area contributed by atoms with Crippen LogP contribution in [0.4, 0.5) is 5.69 Å². The molecule has 0 aromatic heterocycles. The highest BCUT2D eigenvalue weighted by Crippen LogP contribution is 2.29. The maximum Gasteiger partial charge on any atom is 0.193 e. The molecule has 0 fully saturated rings. The number of hydrogen-bond donors (Lipinski definition) is 2. The van der Waals surface area contributed by atoms with Crippen molar-refractivity contribution in [3.63, 3.8) is 0 Å². The Bertz CT molecular complexity index is 705. The molecule has 2 aromatic rings. The Kier molecular flexibility index (Phi) is 9.26. The smallest absolute Gasteiger partial charge is 0.193 e. The number of rotatable bonds is 7. The van der Waals surface area contributed by atoms with Gasteiger partial charge in [0.15, 0.2) is 17.5 Å². The van der Waals surface area contributed by atoms with Gasteiger partial charge in [0.25, 0.3) is 0 Å². The summed E-state index contributed by atoms with van der Waals surface area (Å²) in [5.41, 5.74) is 8.14. The van der Waals surface area contributed by atoms with Crippen molar-refractivity contribution in [3.8, 4) is 11.5 Å². The van der Waals surface area contributed by atoms with Crippen LogP contribution in [-0.4, -0.2) is 26.7 Å². The number of methoxy groups -OCH3 is 2. The van der Waals surface area contributed by atoms with Crippen molar-refractivity contribution in [1.29, 1.82) is 0 Å². The SMILES string of the molecule is COc1ccc(NC(N)=NCC(c2ccccc2)C(C)C)cc1OC.I. The number of hydrogen-bond acceptors (Lipinski definition) is 3. The molecular formula is C20H28IN3O2. The lowest BCUT2D eigenvalue weighted by atomic mass is 9.88. The number of aliphatic imine (C=N–C) groups is 1. The van der Waals surface area contributed by atoms with Gasteiger partial charge in [0.05, 0.1) is 14.2 Å². The zero-order valence-electron chi connectivity index (χ0n) is 15.7. The van der Waals surface area contributed by atoms with Crippen LogP contribution in [-0.2, 0) is 0 Å². The van der Waals surface area contributed by atoms with Gasteiger partial charge in [0.2, 0.25) is 0 Å². The first-order valence-electron chi connectivity index (χ1n) is 8.39. The largest absolute Gasteiger partial charge is 0.493 e. The number of ether oxygens (including phenoxy) is 2. The van der Waals surface area contributed by atoms with Gasteiger partial charge < -0.3 is 20.5 Å². The van der Waals surface area contributed by atoms with Crippen molar-refractivity contribution in [1.82, 2.24) is 0 Å². The first kappa shape index (κ1) is 22.1. The molecule has 6 heteroatoms. The molecule has 1 atom stereocenters. The van der Waals surface area contributed by atoms with Crippen molar-refractivity contribution < 1.29 is 9.47 Å². The Labute approximate surface area is 173 Å². The predicted octanol–water partition coefficient (Wildman–Crippen LogP) is 4.49. The minimum Gasteiger partial charge on any atom is -0.493 e. The fourth-order valence-electron chi connectivity index (χ4n) is 2.70. The van der Waals surface area contributed by atoms with Crippen LogP contribution in [0.5, 0.6) is 11.5 Å². The summed E-state index contributed by atoms with van der Waals surface area (Å²) >= 11 is 0. The lowest BCUT2D eigenvalue weighted by Crippen LogP contribution is -2.24. The first-order valence-corrected chi connectivity index (χ1v) is 8.39. The third kappa shape index (κ3) is 6.09. The van der Waals surface area contributed by atoms with E-state index in [1.165, 1.54) is 5.56 Å². The molecule has 0 bridgehead atoms. The van der Waals surface area contributed by atoms with E-state index in [1.54, 1.807) is 14.2 Å². The molecule has 0 saturated carbocycles. The van der Waals surface area contributed by atoms with Crippen molar-refractivity contribution in [2.45, 2.75) is 19.8 Å². The molecular weight excluding hydrogens is 441 g/mol. The van der Waals surface area contributed by atoms with E-state index < -0.39 is 0 Å². The predicted molar refractivity (Wildman–Crippen MR) is 119 cm³/mol. The van der Waals surface area contributed by atoms with Gasteiger partial charge in [-0.05, 0) is 23.6 Å². The number of benzene rings is 2. The number of nitrogens with zero attached hydrogens (tertiary/aromatic N) is 1. The number of nitrogens with one attached hydrogen (secondary N) is 1. The Hall–Kier alpha value is -1.96. The molecule has 26 heavy (non-hydrogen) atoms. The highest BCUT2D eigenvalue weighted by Gasteiger charge is 2.15. The van der Waals surface area contributed by atoms with Gasteiger partial charge in [-0.3, -0.25) is 4.99 Å².